The van der Waals surface area contributed by atoms with Gasteiger partial charge in [-0.25, -0.2) is 4.98 Å². The van der Waals surface area contributed by atoms with Crippen molar-refractivity contribution in [3.8, 4) is 5.75 Å². The second-order valence-electron chi connectivity index (χ2n) is 9.34. The summed E-state index contributed by atoms with van der Waals surface area (Å²) < 4.78 is 5.55. The number of nitrogens with zero attached hydrogens (tertiary/aromatic N) is 5. The maximum absolute atomic E-state index is 12.6. The van der Waals surface area contributed by atoms with Crippen LogP contribution >= 0.6 is 0 Å². The minimum absolute atomic E-state index is 0.0668. The number of rotatable bonds is 8. The molecule has 2 aromatic rings. The molecule has 188 valence electrons. The summed E-state index contributed by atoms with van der Waals surface area (Å²) in [6, 6.07) is 5.62. The van der Waals surface area contributed by atoms with Crippen molar-refractivity contribution in [3.05, 3.63) is 30.0 Å². The van der Waals surface area contributed by atoms with Crippen molar-refractivity contribution in [2.75, 3.05) is 63.0 Å². The van der Waals surface area contributed by atoms with E-state index >= 15 is 0 Å². The Kier molecular flexibility index (Phi) is 7.70. The Balaban J connectivity index is 1.57. The molecule has 4 rings (SSSR count). The molecule has 10 nitrogen and oxygen atoms in total. The molecule has 0 spiro atoms. The second-order valence-corrected chi connectivity index (χ2v) is 9.34. The third-order valence-electron chi connectivity index (χ3n) is 6.64. The Morgan fingerprint density at radius 1 is 1.26 bits per heavy atom. The SMILES string of the molecule is COc1cc(C(=O)NCCN(C)C)ccc1Nc1ncc2c(n1)N(C1CCCC1)CCC(=O)N2C. The van der Waals surface area contributed by atoms with Crippen LogP contribution in [0.25, 0.3) is 0 Å². The van der Waals surface area contributed by atoms with Crippen molar-refractivity contribution < 1.29 is 14.3 Å². The summed E-state index contributed by atoms with van der Waals surface area (Å²) in [5, 5.41) is 6.15. The second kappa shape index (κ2) is 10.9. The summed E-state index contributed by atoms with van der Waals surface area (Å²) in [4.78, 5) is 40.3. The minimum Gasteiger partial charge on any atom is -0.495 e. The van der Waals surface area contributed by atoms with Gasteiger partial charge in [-0.05, 0) is 45.1 Å². The average molecular weight is 482 g/mol. The average Bonchev–Trinajstić information content (AvgIpc) is 3.34. The van der Waals surface area contributed by atoms with Crippen molar-refractivity contribution in [2.45, 2.75) is 38.1 Å². The molecule has 1 aliphatic heterocycles. The summed E-state index contributed by atoms with van der Waals surface area (Å²) in [6.07, 6.45) is 6.77. The molecule has 0 saturated heterocycles. The van der Waals surface area contributed by atoms with Crippen LogP contribution in [0.15, 0.2) is 24.4 Å². The number of aromatic nitrogens is 2. The highest BCUT2D eigenvalue weighted by atomic mass is 16.5. The first-order valence-corrected chi connectivity index (χ1v) is 12.2. The molecule has 2 aliphatic rings. The minimum atomic E-state index is -0.155. The van der Waals surface area contributed by atoms with Gasteiger partial charge in [0.25, 0.3) is 5.91 Å². The number of amides is 2. The van der Waals surface area contributed by atoms with Gasteiger partial charge in [-0.15, -0.1) is 0 Å². The van der Waals surface area contributed by atoms with Crippen LogP contribution in [0, 0.1) is 0 Å². The first-order valence-electron chi connectivity index (χ1n) is 12.2. The molecular weight excluding hydrogens is 446 g/mol. The van der Waals surface area contributed by atoms with Crippen LogP contribution in [0.3, 0.4) is 0 Å². The lowest BCUT2D eigenvalue weighted by Crippen LogP contribution is -2.34. The van der Waals surface area contributed by atoms with Crippen LogP contribution in [0.2, 0.25) is 0 Å². The largest absolute Gasteiger partial charge is 0.495 e. The highest BCUT2D eigenvalue weighted by Crippen LogP contribution is 2.36. The van der Waals surface area contributed by atoms with Gasteiger partial charge in [0.05, 0.1) is 19.0 Å². The summed E-state index contributed by atoms with van der Waals surface area (Å²) in [7, 11) is 7.27. The van der Waals surface area contributed by atoms with Gasteiger partial charge in [-0.3, -0.25) is 9.59 Å². The molecular formula is C25H35N7O3. The van der Waals surface area contributed by atoms with Gasteiger partial charge >= 0.3 is 0 Å². The molecule has 1 aliphatic carbocycles. The molecule has 10 heteroatoms. The summed E-state index contributed by atoms with van der Waals surface area (Å²) in [6.45, 7) is 1.97. The van der Waals surface area contributed by atoms with Crippen molar-refractivity contribution >= 4 is 35.0 Å². The fourth-order valence-corrected chi connectivity index (χ4v) is 4.62. The van der Waals surface area contributed by atoms with Crippen molar-refractivity contribution in [3.63, 3.8) is 0 Å². The van der Waals surface area contributed by atoms with E-state index in [1.807, 2.05) is 19.0 Å². The Hall–Kier alpha value is -3.40. The van der Waals surface area contributed by atoms with E-state index in [0.717, 1.165) is 30.9 Å². The van der Waals surface area contributed by atoms with Crippen LogP contribution in [0.4, 0.5) is 23.1 Å². The number of anilines is 4. The fourth-order valence-electron chi connectivity index (χ4n) is 4.62. The number of benzene rings is 1. The Morgan fingerprint density at radius 2 is 2.03 bits per heavy atom. The Bertz CT molecular complexity index is 1070. The van der Waals surface area contributed by atoms with E-state index in [4.69, 9.17) is 9.72 Å². The van der Waals surface area contributed by atoms with Gasteiger partial charge < -0.3 is 30.1 Å². The smallest absolute Gasteiger partial charge is 0.251 e. The number of carbonyl (C=O) groups excluding carboxylic acids is 2. The molecule has 2 amide bonds. The van der Waals surface area contributed by atoms with E-state index in [1.54, 1.807) is 43.5 Å². The molecule has 1 aromatic carbocycles. The third kappa shape index (κ3) is 5.64. The number of fused-ring (bicyclic) bond motifs is 1. The van der Waals surface area contributed by atoms with Gasteiger partial charge in [-0.2, -0.15) is 4.98 Å². The number of likely N-dealkylation sites (N-methyl/N-ethyl adjacent to an activating group) is 1. The molecule has 0 unspecified atom stereocenters. The monoisotopic (exact) mass is 481 g/mol. The quantitative estimate of drug-likeness (QED) is 0.593. The highest BCUT2D eigenvalue weighted by Gasteiger charge is 2.31. The number of ether oxygens (including phenoxy) is 1. The zero-order valence-corrected chi connectivity index (χ0v) is 21.0. The van der Waals surface area contributed by atoms with Crippen LogP contribution in [-0.4, -0.2) is 80.6 Å². The standard InChI is InChI=1S/C25H35N7O3/c1-30(2)14-12-26-24(34)17-9-10-19(21(15-17)35-4)28-25-27-16-20-23(29-25)32(18-7-5-6-8-18)13-11-22(33)31(20)3/h9-10,15-16,18H,5-8,11-14H2,1-4H3,(H,26,34)(H,27,28,29). The summed E-state index contributed by atoms with van der Waals surface area (Å²) in [5.41, 5.74) is 1.89. The van der Waals surface area contributed by atoms with E-state index in [1.165, 1.54) is 12.8 Å². The number of methoxy groups -OCH3 is 1. The maximum Gasteiger partial charge on any atom is 0.251 e. The lowest BCUT2D eigenvalue weighted by molar-refractivity contribution is -0.118. The first kappa shape index (κ1) is 24.7. The van der Waals surface area contributed by atoms with Gasteiger partial charge in [0.1, 0.15) is 11.4 Å². The van der Waals surface area contributed by atoms with Gasteiger partial charge in [0, 0.05) is 44.7 Å². The topological polar surface area (TPSA) is 103 Å². The van der Waals surface area contributed by atoms with Crippen LogP contribution in [-0.2, 0) is 4.79 Å². The molecule has 1 fully saturated rings. The van der Waals surface area contributed by atoms with E-state index in [2.05, 4.69) is 20.5 Å². The van der Waals surface area contributed by atoms with Crippen LogP contribution < -0.4 is 25.2 Å². The zero-order chi connectivity index (χ0) is 24.9. The Morgan fingerprint density at radius 3 is 2.74 bits per heavy atom. The molecule has 2 heterocycles. The van der Waals surface area contributed by atoms with E-state index in [9.17, 15) is 9.59 Å². The molecule has 35 heavy (non-hydrogen) atoms. The van der Waals surface area contributed by atoms with E-state index < -0.39 is 0 Å². The zero-order valence-electron chi connectivity index (χ0n) is 21.0. The molecule has 2 N–H and O–H groups in total. The van der Waals surface area contributed by atoms with Crippen molar-refractivity contribution in [2.24, 2.45) is 0 Å². The van der Waals surface area contributed by atoms with E-state index in [0.29, 0.717) is 48.5 Å². The number of hydrogen-bond acceptors (Lipinski definition) is 8. The molecule has 1 saturated carbocycles. The van der Waals surface area contributed by atoms with Gasteiger partial charge in [0.15, 0.2) is 5.82 Å². The fraction of sp³-hybridized carbons (Fsp3) is 0.520. The molecule has 0 atom stereocenters. The molecule has 0 radical (unpaired) electrons. The highest BCUT2D eigenvalue weighted by molar-refractivity contribution is 5.97. The molecule has 0 bridgehead atoms. The predicted octanol–water partition coefficient (Wildman–Crippen LogP) is 2.64. The maximum atomic E-state index is 12.6. The lowest BCUT2D eigenvalue weighted by Gasteiger charge is -2.30. The predicted molar refractivity (Wildman–Crippen MR) is 137 cm³/mol. The first-order chi connectivity index (χ1) is 16.9. The number of hydrogen-bond donors (Lipinski definition) is 2. The molecule has 1 aromatic heterocycles. The Labute approximate surface area is 206 Å². The van der Waals surface area contributed by atoms with E-state index in [-0.39, 0.29) is 11.8 Å². The van der Waals surface area contributed by atoms with Crippen LogP contribution in [0.5, 0.6) is 5.75 Å². The van der Waals surface area contributed by atoms with Crippen LogP contribution in [0.1, 0.15) is 42.5 Å². The van der Waals surface area contributed by atoms with Gasteiger partial charge in [-0.1, -0.05) is 12.8 Å². The van der Waals surface area contributed by atoms with Crippen molar-refractivity contribution in [1.29, 1.82) is 0 Å². The summed E-state index contributed by atoms with van der Waals surface area (Å²) in [5.74, 6) is 1.62. The lowest BCUT2D eigenvalue weighted by atomic mass is 10.1. The number of nitrogens with one attached hydrogen (secondary N) is 2. The number of carbonyl (C=O) groups is 2. The third-order valence-corrected chi connectivity index (χ3v) is 6.64. The normalized spacial score (nSPS) is 16.3. The van der Waals surface area contributed by atoms with Gasteiger partial charge in [0.2, 0.25) is 11.9 Å². The van der Waals surface area contributed by atoms with Crippen molar-refractivity contribution in [1.82, 2.24) is 20.2 Å². The summed E-state index contributed by atoms with van der Waals surface area (Å²) >= 11 is 0.